The zero-order chi connectivity index (χ0) is 23.5. The van der Waals surface area contributed by atoms with Crippen molar-refractivity contribution in [2.24, 2.45) is 0 Å². The Labute approximate surface area is 199 Å². The number of anilines is 1. The van der Waals surface area contributed by atoms with Gasteiger partial charge >= 0.3 is 6.03 Å². The first kappa shape index (κ1) is 22.3. The third kappa shape index (κ3) is 4.34. The lowest BCUT2D eigenvalue weighted by Crippen LogP contribution is -2.41. The molecule has 1 saturated heterocycles. The number of nitrogens with one attached hydrogen (secondary N) is 2. The second-order valence-electron chi connectivity index (χ2n) is 8.96. The van der Waals surface area contributed by atoms with Crippen molar-refractivity contribution >= 4 is 22.6 Å². The minimum atomic E-state index is -0.204. The van der Waals surface area contributed by atoms with Crippen LogP contribution in [0, 0.1) is 11.3 Å². The molecule has 2 N–H and O–H groups in total. The molecule has 0 unspecified atom stereocenters. The SMILES string of the molecule is CCOc1ccc2c(C#N)c(-c3ccc(NC(=O)NC4CCOCC4)cc3)n(C3CCC3)c2c1. The predicted molar refractivity (Wildman–Crippen MR) is 132 cm³/mol. The fraction of sp³-hybridized carbons (Fsp3) is 0.407. The highest BCUT2D eigenvalue weighted by molar-refractivity contribution is 5.96. The average molecular weight is 459 g/mol. The Morgan fingerprint density at radius 3 is 2.56 bits per heavy atom. The number of amides is 2. The number of ether oxygens (including phenoxy) is 2. The van der Waals surface area contributed by atoms with Crippen molar-refractivity contribution in [2.75, 3.05) is 25.1 Å². The number of aromatic nitrogens is 1. The standard InChI is InChI=1S/C27H30N4O3/c1-2-34-22-10-11-23-24(17-28)26(31(25(23)16-22)21-4-3-5-21)18-6-8-19(9-7-18)29-27(32)30-20-12-14-33-15-13-20/h6-11,16,20-21H,2-5,12-15H2,1H3,(H2,29,30,32). The van der Waals surface area contributed by atoms with Gasteiger partial charge < -0.3 is 24.7 Å². The van der Waals surface area contributed by atoms with Crippen LogP contribution in [-0.2, 0) is 4.74 Å². The van der Waals surface area contributed by atoms with Crippen LogP contribution in [0.2, 0.25) is 0 Å². The van der Waals surface area contributed by atoms with E-state index >= 15 is 0 Å². The van der Waals surface area contributed by atoms with Crippen molar-refractivity contribution in [3.63, 3.8) is 0 Å². The highest BCUT2D eigenvalue weighted by Crippen LogP contribution is 2.43. The summed E-state index contributed by atoms with van der Waals surface area (Å²) in [6, 6.07) is 16.5. The summed E-state index contributed by atoms with van der Waals surface area (Å²) in [5, 5.41) is 17.0. The molecular weight excluding hydrogens is 428 g/mol. The summed E-state index contributed by atoms with van der Waals surface area (Å²) in [7, 11) is 0. The minimum Gasteiger partial charge on any atom is -0.494 e. The highest BCUT2D eigenvalue weighted by atomic mass is 16.5. The molecule has 0 radical (unpaired) electrons. The van der Waals surface area contributed by atoms with Gasteiger partial charge in [-0.3, -0.25) is 0 Å². The second-order valence-corrected chi connectivity index (χ2v) is 8.96. The molecule has 5 rings (SSSR count). The predicted octanol–water partition coefficient (Wildman–Crippen LogP) is 5.60. The molecule has 2 heterocycles. The van der Waals surface area contributed by atoms with Crippen LogP contribution in [-0.4, -0.2) is 36.5 Å². The number of nitriles is 1. The Hall–Kier alpha value is -3.50. The Morgan fingerprint density at radius 1 is 1.15 bits per heavy atom. The first-order chi connectivity index (χ1) is 16.7. The largest absolute Gasteiger partial charge is 0.494 e. The summed E-state index contributed by atoms with van der Waals surface area (Å²) in [6.07, 6.45) is 5.07. The maximum Gasteiger partial charge on any atom is 0.319 e. The van der Waals surface area contributed by atoms with Crippen LogP contribution in [0.4, 0.5) is 10.5 Å². The summed E-state index contributed by atoms with van der Waals surface area (Å²) in [5.74, 6) is 0.819. The average Bonchev–Trinajstić information content (AvgIpc) is 3.12. The molecule has 1 aliphatic heterocycles. The lowest BCUT2D eigenvalue weighted by atomic mass is 9.92. The van der Waals surface area contributed by atoms with Gasteiger partial charge in [-0.1, -0.05) is 12.1 Å². The molecule has 2 aliphatic rings. The molecule has 2 amide bonds. The Morgan fingerprint density at radius 2 is 1.91 bits per heavy atom. The smallest absolute Gasteiger partial charge is 0.319 e. The van der Waals surface area contributed by atoms with Crippen molar-refractivity contribution < 1.29 is 14.3 Å². The fourth-order valence-electron chi connectivity index (χ4n) is 4.87. The number of urea groups is 1. The molecule has 1 aliphatic carbocycles. The van der Waals surface area contributed by atoms with Crippen molar-refractivity contribution in [3.05, 3.63) is 48.0 Å². The topological polar surface area (TPSA) is 88.3 Å². The maximum absolute atomic E-state index is 12.4. The van der Waals surface area contributed by atoms with Gasteiger partial charge in [-0.2, -0.15) is 5.26 Å². The Kier molecular flexibility index (Phi) is 6.41. The molecular formula is C27H30N4O3. The van der Waals surface area contributed by atoms with Crippen LogP contribution < -0.4 is 15.4 Å². The van der Waals surface area contributed by atoms with Gasteiger partial charge in [0.1, 0.15) is 11.8 Å². The third-order valence-corrected chi connectivity index (χ3v) is 6.81. The van der Waals surface area contributed by atoms with Crippen LogP contribution in [0.1, 0.15) is 50.6 Å². The van der Waals surface area contributed by atoms with Gasteiger partial charge in [-0.15, -0.1) is 0 Å². The first-order valence-electron chi connectivity index (χ1n) is 12.1. The number of benzene rings is 2. The first-order valence-corrected chi connectivity index (χ1v) is 12.1. The number of carbonyl (C=O) groups excluding carboxylic acids is 1. The fourth-order valence-corrected chi connectivity index (χ4v) is 4.87. The van der Waals surface area contributed by atoms with Gasteiger partial charge in [0.15, 0.2) is 0 Å². The van der Waals surface area contributed by atoms with E-state index < -0.39 is 0 Å². The molecule has 0 spiro atoms. The summed E-state index contributed by atoms with van der Waals surface area (Å²) in [4.78, 5) is 12.4. The number of rotatable bonds is 6. The van der Waals surface area contributed by atoms with Gasteiger partial charge in [0.25, 0.3) is 0 Å². The van der Waals surface area contributed by atoms with Crippen LogP contribution in [0.25, 0.3) is 22.2 Å². The third-order valence-electron chi connectivity index (χ3n) is 6.81. The monoisotopic (exact) mass is 458 g/mol. The maximum atomic E-state index is 12.4. The van der Waals surface area contributed by atoms with Crippen molar-refractivity contribution in [1.82, 2.24) is 9.88 Å². The quantitative estimate of drug-likeness (QED) is 0.503. The molecule has 7 nitrogen and oxygen atoms in total. The molecule has 1 saturated carbocycles. The normalized spacial score (nSPS) is 16.6. The number of carbonyl (C=O) groups is 1. The molecule has 2 aromatic carbocycles. The van der Waals surface area contributed by atoms with E-state index in [2.05, 4.69) is 27.3 Å². The van der Waals surface area contributed by atoms with Gasteiger partial charge in [0.2, 0.25) is 0 Å². The van der Waals surface area contributed by atoms with Crippen molar-refractivity contribution in [2.45, 2.75) is 51.1 Å². The minimum absolute atomic E-state index is 0.144. The summed E-state index contributed by atoms with van der Waals surface area (Å²) >= 11 is 0. The summed E-state index contributed by atoms with van der Waals surface area (Å²) < 4.78 is 13.4. The Balaban J connectivity index is 1.45. The molecule has 2 fully saturated rings. The van der Waals surface area contributed by atoms with Gasteiger partial charge in [-0.25, -0.2) is 4.79 Å². The van der Waals surface area contributed by atoms with Crippen LogP contribution in [0.15, 0.2) is 42.5 Å². The van der Waals surface area contributed by atoms with Gasteiger partial charge in [0, 0.05) is 42.4 Å². The van der Waals surface area contributed by atoms with E-state index in [0.29, 0.717) is 31.4 Å². The number of hydrogen-bond donors (Lipinski definition) is 2. The van der Waals surface area contributed by atoms with E-state index in [1.54, 1.807) is 0 Å². The molecule has 0 bridgehead atoms. The summed E-state index contributed by atoms with van der Waals surface area (Å²) in [6.45, 7) is 3.94. The zero-order valence-corrected chi connectivity index (χ0v) is 19.5. The lowest BCUT2D eigenvalue weighted by Gasteiger charge is -2.30. The number of hydrogen-bond acceptors (Lipinski definition) is 4. The van der Waals surface area contributed by atoms with E-state index in [1.807, 2.05) is 43.3 Å². The van der Waals surface area contributed by atoms with E-state index in [-0.39, 0.29) is 12.1 Å². The second kappa shape index (κ2) is 9.78. The number of nitrogens with zero attached hydrogens (tertiary/aromatic N) is 2. The molecule has 1 aromatic heterocycles. The van der Waals surface area contributed by atoms with Crippen LogP contribution in [0.5, 0.6) is 5.75 Å². The van der Waals surface area contributed by atoms with Crippen molar-refractivity contribution in [3.8, 4) is 23.1 Å². The van der Waals surface area contributed by atoms with Gasteiger partial charge in [-0.05, 0) is 68.9 Å². The van der Waals surface area contributed by atoms with E-state index in [0.717, 1.165) is 59.3 Å². The molecule has 176 valence electrons. The zero-order valence-electron chi connectivity index (χ0n) is 19.5. The molecule has 0 atom stereocenters. The number of fused-ring (bicyclic) bond motifs is 1. The van der Waals surface area contributed by atoms with Crippen molar-refractivity contribution in [1.29, 1.82) is 5.26 Å². The molecule has 34 heavy (non-hydrogen) atoms. The van der Waals surface area contributed by atoms with Gasteiger partial charge in [0.05, 0.1) is 23.4 Å². The van der Waals surface area contributed by atoms with Crippen LogP contribution >= 0.6 is 0 Å². The molecule has 3 aromatic rings. The van der Waals surface area contributed by atoms with Crippen LogP contribution in [0.3, 0.4) is 0 Å². The Bertz CT molecular complexity index is 1220. The summed E-state index contributed by atoms with van der Waals surface area (Å²) in [5.41, 5.74) is 4.35. The molecule has 7 heteroatoms. The van der Waals surface area contributed by atoms with E-state index in [1.165, 1.54) is 6.42 Å². The van der Waals surface area contributed by atoms with E-state index in [9.17, 15) is 10.1 Å². The highest BCUT2D eigenvalue weighted by Gasteiger charge is 2.28. The lowest BCUT2D eigenvalue weighted by molar-refractivity contribution is 0.0806. The van der Waals surface area contributed by atoms with E-state index in [4.69, 9.17) is 9.47 Å².